The summed E-state index contributed by atoms with van der Waals surface area (Å²) in [5.74, 6) is -1.16. The van der Waals surface area contributed by atoms with Crippen molar-refractivity contribution in [3.8, 4) is 5.69 Å². The molecule has 0 fully saturated rings. The Morgan fingerprint density at radius 2 is 1.93 bits per heavy atom. The number of esters is 1. The van der Waals surface area contributed by atoms with Gasteiger partial charge in [-0.15, -0.1) is 0 Å². The van der Waals surface area contributed by atoms with E-state index in [0.29, 0.717) is 18.1 Å². The predicted octanol–water partition coefficient (Wildman–Crippen LogP) is 3.68. The summed E-state index contributed by atoms with van der Waals surface area (Å²) < 4.78 is 6.74. The highest BCUT2D eigenvalue weighted by atomic mass is 35.5. The quantitative estimate of drug-likeness (QED) is 0.574. The van der Waals surface area contributed by atoms with Crippen molar-refractivity contribution in [2.75, 3.05) is 13.2 Å². The van der Waals surface area contributed by atoms with Gasteiger partial charge in [-0.25, -0.2) is 4.68 Å². The molecule has 29 heavy (non-hydrogen) atoms. The lowest BCUT2D eigenvalue weighted by molar-refractivity contribution is -0.147. The first kappa shape index (κ1) is 20.6. The second-order valence-corrected chi connectivity index (χ2v) is 6.91. The Morgan fingerprint density at radius 3 is 2.66 bits per heavy atom. The summed E-state index contributed by atoms with van der Waals surface area (Å²) in [4.78, 5) is 24.8. The summed E-state index contributed by atoms with van der Waals surface area (Å²) >= 11 is 6.01. The first-order valence-electron chi connectivity index (χ1n) is 9.37. The predicted molar refractivity (Wildman–Crippen MR) is 111 cm³/mol. The van der Waals surface area contributed by atoms with Gasteiger partial charge in [0, 0.05) is 17.8 Å². The standard InChI is InChI=1S/C22H22ClN3O3/c1-2-29-22(28)17(13-16-7-4-3-5-8-16)15-24-21(27)20-11-12-26(25-20)19-10-6-9-18(23)14-19/h3-12,14,17H,2,13,15H2,1H3,(H,24,27). The molecule has 1 unspecified atom stereocenters. The van der Waals surface area contributed by atoms with Crippen LogP contribution in [0.3, 0.4) is 0 Å². The average molecular weight is 412 g/mol. The Labute approximate surface area is 174 Å². The molecule has 6 nitrogen and oxygen atoms in total. The van der Waals surface area contributed by atoms with E-state index in [-0.39, 0.29) is 24.1 Å². The van der Waals surface area contributed by atoms with E-state index in [1.807, 2.05) is 42.5 Å². The van der Waals surface area contributed by atoms with Crippen LogP contribution in [-0.4, -0.2) is 34.8 Å². The van der Waals surface area contributed by atoms with Crippen LogP contribution in [0.15, 0.2) is 66.9 Å². The van der Waals surface area contributed by atoms with E-state index in [4.69, 9.17) is 16.3 Å². The van der Waals surface area contributed by atoms with Gasteiger partial charge in [-0.1, -0.05) is 48.0 Å². The second-order valence-electron chi connectivity index (χ2n) is 6.47. The number of halogens is 1. The molecule has 1 heterocycles. The van der Waals surface area contributed by atoms with Gasteiger partial charge in [0.2, 0.25) is 0 Å². The van der Waals surface area contributed by atoms with Crippen molar-refractivity contribution in [1.82, 2.24) is 15.1 Å². The first-order valence-corrected chi connectivity index (χ1v) is 9.75. The zero-order valence-corrected chi connectivity index (χ0v) is 16.8. The molecule has 7 heteroatoms. The molecule has 1 atom stereocenters. The number of hydrogen-bond acceptors (Lipinski definition) is 4. The van der Waals surface area contributed by atoms with Gasteiger partial charge in [-0.2, -0.15) is 5.10 Å². The molecule has 3 aromatic rings. The Hall–Kier alpha value is -3.12. The fourth-order valence-corrected chi connectivity index (χ4v) is 3.10. The van der Waals surface area contributed by atoms with Gasteiger partial charge in [0.05, 0.1) is 18.2 Å². The topological polar surface area (TPSA) is 73.2 Å². The number of carbonyl (C=O) groups excluding carboxylic acids is 2. The first-order chi connectivity index (χ1) is 14.1. The molecule has 1 aromatic heterocycles. The van der Waals surface area contributed by atoms with Crippen LogP contribution < -0.4 is 5.32 Å². The molecule has 0 aliphatic rings. The molecule has 3 rings (SSSR count). The smallest absolute Gasteiger partial charge is 0.311 e. The largest absolute Gasteiger partial charge is 0.466 e. The molecule has 1 amide bonds. The number of nitrogens with zero attached hydrogens (tertiary/aromatic N) is 2. The monoisotopic (exact) mass is 411 g/mol. The third kappa shape index (κ3) is 5.68. The highest BCUT2D eigenvalue weighted by Crippen LogP contribution is 2.15. The van der Waals surface area contributed by atoms with Gasteiger partial charge in [0.1, 0.15) is 0 Å². The van der Waals surface area contributed by atoms with Crippen molar-refractivity contribution in [3.63, 3.8) is 0 Å². The number of carbonyl (C=O) groups is 2. The van der Waals surface area contributed by atoms with E-state index in [1.165, 1.54) is 0 Å². The average Bonchev–Trinajstić information content (AvgIpc) is 3.22. The van der Waals surface area contributed by atoms with Gasteiger partial charge in [-0.05, 0) is 43.2 Å². The molecule has 0 spiro atoms. The number of nitrogens with one attached hydrogen (secondary N) is 1. The van der Waals surface area contributed by atoms with Crippen molar-refractivity contribution in [3.05, 3.63) is 83.1 Å². The summed E-state index contributed by atoms with van der Waals surface area (Å²) in [6.07, 6.45) is 2.17. The number of rotatable bonds is 8. The van der Waals surface area contributed by atoms with Crippen molar-refractivity contribution in [1.29, 1.82) is 0 Å². The van der Waals surface area contributed by atoms with Crippen LogP contribution in [0.1, 0.15) is 23.0 Å². The van der Waals surface area contributed by atoms with Gasteiger partial charge in [-0.3, -0.25) is 9.59 Å². The van der Waals surface area contributed by atoms with Crippen molar-refractivity contribution in [2.24, 2.45) is 5.92 Å². The zero-order chi connectivity index (χ0) is 20.6. The summed E-state index contributed by atoms with van der Waals surface area (Å²) in [6, 6.07) is 18.4. The molecule has 2 aromatic carbocycles. The number of hydrogen-bond donors (Lipinski definition) is 1. The van der Waals surface area contributed by atoms with Crippen LogP contribution in [0.5, 0.6) is 0 Å². The van der Waals surface area contributed by atoms with Crippen molar-refractivity contribution < 1.29 is 14.3 Å². The Balaban J connectivity index is 1.66. The SMILES string of the molecule is CCOC(=O)C(CNC(=O)c1ccn(-c2cccc(Cl)c2)n1)Cc1ccccc1. The third-order valence-corrected chi connectivity index (χ3v) is 4.58. The van der Waals surface area contributed by atoms with Gasteiger partial charge in [0.15, 0.2) is 5.69 Å². The lowest BCUT2D eigenvalue weighted by Gasteiger charge is -2.16. The maximum atomic E-state index is 12.5. The zero-order valence-electron chi connectivity index (χ0n) is 16.0. The Kier molecular flexibility index (Phi) is 7.03. The highest BCUT2D eigenvalue weighted by molar-refractivity contribution is 6.30. The molecule has 0 aliphatic heterocycles. The maximum Gasteiger partial charge on any atom is 0.311 e. The molecule has 0 aliphatic carbocycles. The van der Waals surface area contributed by atoms with Gasteiger partial charge in [0.25, 0.3) is 5.91 Å². The van der Waals surface area contributed by atoms with Crippen LogP contribution in [0.2, 0.25) is 5.02 Å². The van der Waals surface area contributed by atoms with E-state index in [0.717, 1.165) is 11.3 Å². The minimum atomic E-state index is -0.476. The molecule has 0 radical (unpaired) electrons. The van der Waals surface area contributed by atoms with Crippen molar-refractivity contribution in [2.45, 2.75) is 13.3 Å². The highest BCUT2D eigenvalue weighted by Gasteiger charge is 2.22. The number of amides is 1. The molecular formula is C22H22ClN3O3. The van der Waals surface area contributed by atoms with Crippen LogP contribution in [0.25, 0.3) is 5.69 Å². The lowest BCUT2D eigenvalue weighted by atomic mass is 9.99. The fraction of sp³-hybridized carbons (Fsp3) is 0.227. The summed E-state index contributed by atoms with van der Waals surface area (Å²) in [5.41, 5.74) is 2.02. The Bertz CT molecular complexity index is 972. The number of ether oxygens (including phenoxy) is 1. The van der Waals surface area contributed by atoms with E-state index in [9.17, 15) is 9.59 Å². The van der Waals surface area contributed by atoms with Crippen molar-refractivity contribution >= 4 is 23.5 Å². The van der Waals surface area contributed by atoms with Crippen LogP contribution >= 0.6 is 11.6 Å². The van der Waals surface area contributed by atoms with Gasteiger partial charge < -0.3 is 10.1 Å². The number of aromatic nitrogens is 2. The van der Waals surface area contributed by atoms with Crippen LogP contribution in [-0.2, 0) is 16.0 Å². The van der Waals surface area contributed by atoms with E-state index >= 15 is 0 Å². The molecular weight excluding hydrogens is 390 g/mol. The van der Waals surface area contributed by atoms with E-state index in [1.54, 1.807) is 36.0 Å². The maximum absolute atomic E-state index is 12.5. The van der Waals surface area contributed by atoms with E-state index in [2.05, 4.69) is 10.4 Å². The summed E-state index contributed by atoms with van der Waals surface area (Å²) in [7, 11) is 0. The molecule has 0 bridgehead atoms. The molecule has 0 saturated carbocycles. The summed E-state index contributed by atoms with van der Waals surface area (Å²) in [6.45, 7) is 2.22. The lowest BCUT2D eigenvalue weighted by Crippen LogP contribution is -2.35. The Morgan fingerprint density at radius 1 is 1.14 bits per heavy atom. The minimum Gasteiger partial charge on any atom is -0.466 e. The normalized spacial score (nSPS) is 11.7. The van der Waals surface area contributed by atoms with Gasteiger partial charge >= 0.3 is 5.97 Å². The molecule has 0 saturated heterocycles. The van der Waals surface area contributed by atoms with Crippen LogP contribution in [0.4, 0.5) is 0 Å². The molecule has 1 N–H and O–H groups in total. The van der Waals surface area contributed by atoms with Crippen LogP contribution in [0, 0.1) is 5.92 Å². The fourth-order valence-electron chi connectivity index (χ4n) is 2.91. The molecule has 150 valence electrons. The minimum absolute atomic E-state index is 0.163. The number of benzene rings is 2. The van der Waals surface area contributed by atoms with E-state index < -0.39 is 5.92 Å². The second kappa shape index (κ2) is 9.89. The summed E-state index contributed by atoms with van der Waals surface area (Å²) in [5, 5.41) is 7.67. The third-order valence-electron chi connectivity index (χ3n) is 4.35.